The van der Waals surface area contributed by atoms with Crippen molar-refractivity contribution in [2.24, 2.45) is 0 Å². The van der Waals surface area contributed by atoms with Gasteiger partial charge in [-0.15, -0.1) is 0 Å². The van der Waals surface area contributed by atoms with Crippen LogP contribution in [0.3, 0.4) is 0 Å². The summed E-state index contributed by atoms with van der Waals surface area (Å²) >= 11 is 0. The van der Waals surface area contributed by atoms with E-state index in [4.69, 9.17) is 14.0 Å². The molecule has 2 aromatic carbocycles. The molecule has 1 heterocycles. The SMILES string of the molecule is C=Cc1ccc(COC(=O)c2ccc(B3OCC(CCCCCCCCCC)O3)cc2)cc1. The van der Waals surface area contributed by atoms with E-state index in [9.17, 15) is 4.79 Å². The lowest BCUT2D eigenvalue weighted by Crippen LogP contribution is -2.32. The molecule has 0 radical (unpaired) electrons. The second-order valence-corrected chi connectivity index (χ2v) is 8.83. The third kappa shape index (κ3) is 8.49. The molecule has 33 heavy (non-hydrogen) atoms. The molecule has 1 aliphatic rings. The molecule has 0 aliphatic carbocycles. The lowest BCUT2D eigenvalue weighted by Gasteiger charge is -2.10. The van der Waals surface area contributed by atoms with Crippen LogP contribution in [0.1, 0.15) is 86.2 Å². The fraction of sp³-hybridized carbons (Fsp3) is 0.464. The standard InChI is InChI=1S/C28H37BO4/c1-3-5-6-7-8-9-10-11-12-27-22-32-29(33-27)26-19-17-25(18-20-26)28(30)31-21-24-15-13-23(4-2)14-16-24/h4,13-20,27H,2-3,5-12,21-22H2,1H3. The molecule has 5 heteroatoms. The largest absolute Gasteiger partial charge is 0.494 e. The van der Waals surface area contributed by atoms with E-state index in [1.54, 1.807) is 18.2 Å². The van der Waals surface area contributed by atoms with Crippen LogP contribution in [0.2, 0.25) is 0 Å². The first-order valence-corrected chi connectivity index (χ1v) is 12.4. The van der Waals surface area contributed by atoms with Crippen LogP contribution in [0.15, 0.2) is 55.1 Å². The Hall–Kier alpha value is -2.37. The van der Waals surface area contributed by atoms with Gasteiger partial charge in [-0.25, -0.2) is 4.79 Å². The summed E-state index contributed by atoms with van der Waals surface area (Å²) in [6.07, 6.45) is 13.5. The summed E-state index contributed by atoms with van der Waals surface area (Å²) in [6, 6.07) is 15.1. The molecule has 176 valence electrons. The average Bonchev–Trinajstić information content (AvgIpc) is 3.33. The summed E-state index contributed by atoms with van der Waals surface area (Å²) in [7, 11) is -0.350. The van der Waals surface area contributed by atoms with E-state index >= 15 is 0 Å². The maximum atomic E-state index is 12.4. The molecule has 3 rings (SSSR count). The Morgan fingerprint density at radius 2 is 1.67 bits per heavy atom. The third-order valence-corrected chi connectivity index (χ3v) is 6.13. The highest BCUT2D eigenvalue weighted by Gasteiger charge is 2.32. The smallest absolute Gasteiger partial charge is 0.457 e. The molecule has 0 spiro atoms. The summed E-state index contributed by atoms with van der Waals surface area (Å²) in [5, 5.41) is 0. The Kier molecular flexibility index (Phi) is 10.7. The number of esters is 1. The van der Waals surface area contributed by atoms with Gasteiger partial charge in [0.25, 0.3) is 0 Å². The summed E-state index contributed by atoms with van der Waals surface area (Å²) in [6.45, 7) is 6.87. The third-order valence-electron chi connectivity index (χ3n) is 6.13. The average molecular weight is 448 g/mol. The van der Waals surface area contributed by atoms with Gasteiger partial charge in [0.15, 0.2) is 0 Å². The normalized spacial score (nSPS) is 15.5. The minimum Gasteiger partial charge on any atom is -0.457 e. The number of carbonyl (C=O) groups is 1. The van der Waals surface area contributed by atoms with Gasteiger partial charge in [0.05, 0.1) is 18.3 Å². The van der Waals surface area contributed by atoms with Crippen LogP contribution in [0.4, 0.5) is 0 Å². The summed E-state index contributed by atoms with van der Waals surface area (Å²) in [4.78, 5) is 12.4. The van der Waals surface area contributed by atoms with E-state index in [-0.39, 0.29) is 25.8 Å². The van der Waals surface area contributed by atoms with Crippen LogP contribution >= 0.6 is 0 Å². The fourth-order valence-corrected chi connectivity index (χ4v) is 4.04. The molecule has 0 bridgehead atoms. The highest BCUT2D eigenvalue weighted by molar-refractivity contribution is 6.61. The highest BCUT2D eigenvalue weighted by Crippen LogP contribution is 2.17. The van der Waals surface area contributed by atoms with Crippen molar-refractivity contribution >= 4 is 24.6 Å². The van der Waals surface area contributed by atoms with Gasteiger partial charge in [0, 0.05) is 0 Å². The van der Waals surface area contributed by atoms with Gasteiger partial charge in [-0.2, -0.15) is 0 Å². The molecule has 1 aliphatic heterocycles. The van der Waals surface area contributed by atoms with Crippen molar-refractivity contribution < 1.29 is 18.8 Å². The van der Waals surface area contributed by atoms with E-state index in [0.29, 0.717) is 12.2 Å². The number of unbranched alkanes of at least 4 members (excludes halogenated alkanes) is 7. The Morgan fingerprint density at radius 1 is 1.00 bits per heavy atom. The Bertz CT molecular complexity index is 847. The molecule has 0 amide bonds. The van der Waals surface area contributed by atoms with Crippen molar-refractivity contribution in [3.8, 4) is 0 Å². The zero-order chi connectivity index (χ0) is 23.3. The highest BCUT2D eigenvalue weighted by atomic mass is 16.6. The van der Waals surface area contributed by atoms with Gasteiger partial charge in [0.2, 0.25) is 0 Å². The molecule has 2 aromatic rings. The molecule has 1 unspecified atom stereocenters. The number of benzene rings is 2. The minimum absolute atomic E-state index is 0.159. The van der Waals surface area contributed by atoms with Crippen LogP contribution in [-0.2, 0) is 20.7 Å². The van der Waals surface area contributed by atoms with E-state index < -0.39 is 0 Å². The first-order valence-electron chi connectivity index (χ1n) is 12.4. The van der Waals surface area contributed by atoms with E-state index in [1.807, 2.05) is 36.4 Å². The predicted octanol–water partition coefficient (Wildman–Crippen LogP) is 6.33. The minimum atomic E-state index is -0.350. The van der Waals surface area contributed by atoms with Crippen molar-refractivity contribution in [2.75, 3.05) is 6.61 Å². The molecular formula is C28H37BO4. The number of rotatable bonds is 14. The Labute approximate surface area is 199 Å². The van der Waals surface area contributed by atoms with Gasteiger partial charge in [-0.1, -0.05) is 107 Å². The summed E-state index contributed by atoms with van der Waals surface area (Å²) < 4.78 is 17.4. The van der Waals surface area contributed by atoms with Crippen molar-refractivity contribution in [3.05, 3.63) is 71.8 Å². The second kappa shape index (κ2) is 14.0. The first-order chi connectivity index (χ1) is 16.2. The van der Waals surface area contributed by atoms with Crippen molar-refractivity contribution in [1.82, 2.24) is 0 Å². The van der Waals surface area contributed by atoms with Gasteiger partial charge < -0.3 is 14.0 Å². The van der Waals surface area contributed by atoms with Crippen molar-refractivity contribution in [3.63, 3.8) is 0 Å². The zero-order valence-electron chi connectivity index (χ0n) is 20.0. The number of ether oxygens (including phenoxy) is 1. The first kappa shape index (κ1) is 25.3. The number of carbonyl (C=O) groups excluding carboxylic acids is 1. The van der Waals surface area contributed by atoms with Crippen molar-refractivity contribution in [1.29, 1.82) is 0 Å². The maximum Gasteiger partial charge on any atom is 0.494 e. The van der Waals surface area contributed by atoms with E-state index in [0.717, 1.165) is 23.0 Å². The molecule has 4 nitrogen and oxygen atoms in total. The maximum absolute atomic E-state index is 12.4. The van der Waals surface area contributed by atoms with Gasteiger partial charge >= 0.3 is 13.1 Å². The van der Waals surface area contributed by atoms with Crippen LogP contribution in [0.25, 0.3) is 6.08 Å². The Morgan fingerprint density at radius 3 is 2.33 bits per heavy atom. The molecular weight excluding hydrogens is 411 g/mol. The second-order valence-electron chi connectivity index (χ2n) is 8.83. The number of hydrogen-bond donors (Lipinski definition) is 0. The monoisotopic (exact) mass is 448 g/mol. The summed E-state index contributed by atoms with van der Waals surface area (Å²) in [5.74, 6) is -0.338. The van der Waals surface area contributed by atoms with Crippen molar-refractivity contribution in [2.45, 2.75) is 77.4 Å². The molecule has 0 saturated carbocycles. The molecule has 1 fully saturated rings. The van der Waals surface area contributed by atoms with E-state index in [1.165, 1.54) is 51.4 Å². The zero-order valence-corrected chi connectivity index (χ0v) is 20.0. The molecule has 1 atom stereocenters. The van der Waals surface area contributed by atoms with E-state index in [2.05, 4.69) is 13.5 Å². The summed E-state index contributed by atoms with van der Waals surface area (Å²) in [5.41, 5.74) is 3.44. The van der Waals surface area contributed by atoms with Crippen LogP contribution in [0, 0.1) is 0 Å². The molecule has 0 aromatic heterocycles. The van der Waals surface area contributed by atoms with Crippen LogP contribution < -0.4 is 5.46 Å². The molecule has 1 saturated heterocycles. The fourth-order valence-electron chi connectivity index (χ4n) is 4.04. The Balaban J connectivity index is 1.35. The van der Waals surface area contributed by atoms with Crippen LogP contribution in [-0.4, -0.2) is 25.8 Å². The lowest BCUT2D eigenvalue weighted by molar-refractivity contribution is 0.0472. The topological polar surface area (TPSA) is 44.8 Å². The van der Waals surface area contributed by atoms with Gasteiger partial charge in [-0.3, -0.25) is 0 Å². The lowest BCUT2D eigenvalue weighted by atomic mass is 9.79. The molecule has 0 N–H and O–H groups in total. The quantitative estimate of drug-likeness (QED) is 0.193. The number of hydrogen-bond acceptors (Lipinski definition) is 4. The van der Waals surface area contributed by atoms with Crippen LogP contribution in [0.5, 0.6) is 0 Å². The van der Waals surface area contributed by atoms with Gasteiger partial charge in [0.1, 0.15) is 6.61 Å². The predicted molar refractivity (Wildman–Crippen MR) is 136 cm³/mol. The van der Waals surface area contributed by atoms with Gasteiger partial charge in [-0.05, 0) is 35.1 Å².